The van der Waals surface area contributed by atoms with Crippen LogP contribution in [0.2, 0.25) is 0 Å². The molecule has 0 saturated carbocycles. The van der Waals surface area contributed by atoms with Gasteiger partial charge in [0.2, 0.25) is 5.55 Å². The fourth-order valence-corrected chi connectivity index (χ4v) is 2.87. The Morgan fingerprint density at radius 1 is 0.750 bits per heavy atom. The Morgan fingerprint density at radius 2 is 1.46 bits per heavy atom. The average molecular weight is 376 g/mol. The molecule has 0 radical (unpaired) electrons. The molecule has 1 heterocycles. The first-order valence-electron chi connectivity index (χ1n) is 7.68. The summed E-state index contributed by atoms with van der Waals surface area (Å²) >= 11 is 3.45. The number of rotatable bonds is 2. The number of hydrogen-bond donors (Lipinski definition) is 0. The zero-order valence-corrected chi connectivity index (χ0v) is 14.4. The van der Waals surface area contributed by atoms with E-state index in [1.165, 1.54) is 0 Å². The first-order valence-corrected chi connectivity index (χ1v) is 8.47. The Kier molecular flexibility index (Phi) is 4.01. The number of halogens is 1. The smallest absolute Gasteiger partial charge is 0.227 e. The predicted molar refractivity (Wildman–Crippen MR) is 101 cm³/mol. The molecule has 0 aliphatic carbocycles. The van der Waals surface area contributed by atoms with E-state index in [9.17, 15) is 0 Å². The van der Waals surface area contributed by atoms with Gasteiger partial charge in [-0.3, -0.25) is 0 Å². The number of para-hydroxylation sites is 1. The average Bonchev–Trinajstić information content (AvgIpc) is 2.64. The Hall–Kier alpha value is -2.65. The summed E-state index contributed by atoms with van der Waals surface area (Å²) in [5.74, 6) is 0. The Balaban J connectivity index is 2.00. The van der Waals surface area contributed by atoms with Crippen LogP contribution in [0.3, 0.4) is 0 Å². The van der Waals surface area contributed by atoms with Gasteiger partial charge in [-0.1, -0.05) is 64.5 Å². The first-order chi connectivity index (χ1) is 11.8. The summed E-state index contributed by atoms with van der Waals surface area (Å²) < 4.78 is 7.13. The normalized spacial score (nSPS) is 11.8. The van der Waals surface area contributed by atoms with E-state index in [4.69, 9.17) is 9.41 Å². The maximum absolute atomic E-state index is 6.10. The molecule has 4 aromatic rings. The standard InChI is InChI=1S/C21H14BrNO/c22-17-10-12-18(13-11-17)23-21-19(15-6-2-1-3-7-15)14-16-8-4-5-9-20(16)24-21/h1-14H. The molecular weight excluding hydrogens is 362 g/mol. The van der Waals surface area contributed by atoms with Crippen LogP contribution >= 0.6 is 15.9 Å². The lowest BCUT2D eigenvalue weighted by Gasteiger charge is -2.05. The van der Waals surface area contributed by atoms with Crippen molar-refractivity contribution in [2.24, 2.45) is 4.99 Å². The van der Waals surface area contributed by atoms with E-state index in [-0.39, 0.29) is 0 Å². The van der Waals surface area contributed by atoms with E-state index in [0.29, 0.717) is 5.55 Å². The molecule has 0 bridgehead atoms. The van der Waals surface area contributed by atoms with Gasteiger partial charge in [-0.05, 0) is 42.0 Å². The van der Waals surface area contributed by atoms with Crippen LogP contribution in [0.4, 0.5) is 5.69 Å². The van der Waals surface area contributed by atoms with Crippen LogP contribution in [-0.2, 0) is 0 Å². The second kappa shape index (κ2) is 6.46. The molecule has 0 atom stereocenters. The summed E-state index contributed by atoms with van der Waals surface area (Å²) in [6.45, 7) is 0. The molecule has 1 aromatic heterocycles. The van der Waals surface area contributed by atoms with E-state index in [1.54, 1.807) is 0 Å². The molecule has 0 fully saturated rings. The quantitative estimate of drug-likeness (QED) is 0.415. The number of nitrogens with zero attached hydrogens (tertiary/aromatic N) is 1. The van der Waals surface area contributed by atoms with Gasteiger partial charge in [0.05, 0.1) is 5.69 Å². The van der Waals surface area contributed by atoms with Crippen LogP contribution in [-0.4, -0.2) is 0 Å². The van der Waals surface area contributed by atoms with Gasteiger partial charge in [-0.25, -0.2) is 4.99 Å². The van der Waals surface area contributed by atoms with Crippen molar-refractivity contribution in [1.82, 2.24) is 0 Å². The fraction of sp³-hybridized carbons (Fsp3) is 0. The van der Waals surface area contributed by atoms with Gasteiger partial charge in [-0.15, -0.1) is 0 Å². The van der Waals surface area contributed by atoms with E-state index in [0.717, 1.165) is 32.3 Å². The van der Waals surface area contributed by atoms with Crippen molar-refractivity contribution in [3.05, 3.63) is 95.0 Å². The van der Waals surface area contributed by atoms with Crippen LogP contribution in [0.15, 0.2) is 98.8 Å². The molecule has 0 aliphatic heterocycles. The lowest BCUT2D eigenvalue weighted by atomic mass is 10.1. The van der Waals surface area contributed by atoms with Gasteiger partial charge in [0, 0.05) is 15.4 Å². The summed E-state index contributed by atoms with van der Waals surface area (Å²) in [4.78, 5) is 4.72. The van der Waals surface area contributed by atoms with Crippen molar-refractivity contribution in [3.63, 3.8) is 0 Å². The summed E-state index contributed by atoms with van der Waals surface area (Å²) in [5, 5.41) is 1.06. The molecule has 0 spiro atoms. The molecule has 0 amide bonds. The third-order valence-electron chi connectivity index (χ3n) is 3.80. The maximum Gasteiger partial charge on any atom is 0.227 e. The molecule has 3 aromatic carbocycles. The van der Waals surface area contributed by atoms with Crippen LogP contribution in [0, 0.1) is 0 Å². The maximum atomic E-state index is 6.10. The second-order valence-corrected chi connectivity index (χ2v) is 6.37. The molecule has 24 heavy (non-hydrogen) atoms. The van der Waals surface area contributed by atoms with Gasteiger partial charge in [0.15, 0.2) is 0 Å². The van der Waals surface area contributed by atoms with Crippen LogP contribution in [0.1, 0.15) is 0 Å². The summed E-state index contributed by atoms with van der Waals surface area (Å²) in [5.41, 5.74) is 4.37. The van der Waals surface area contributed by atoms with Crippen molar-refractivity contribution >= 4 is 32.6 Å². The minimum Gasteiger partial charge on any atom is -0.438 e. The van der Waals surface area contributed by atoms with E-state index in [1.807, 2.05) is 60.7 Å². The SMILES string of the molecule is Brc1ccc(N=c2oc3ccccc3cc2-c2ccccc2)cc1. The molecule has 2 nitrogen and oxygen atoms in total. The topological polar surface area (TPSA) is 25.5 Å². The zero-order valence-electron chi connectivity index (χ0n) is 12.8. The van der Waals surface area contributed by atoms with E-state index < -0.39 is 0 Å². The number of benzene rings is 3. The van der Waals surface area contributed by atoms with Crippen molar-refractivity contribution in [2.75, 3.05) is 0 Å². The zero-order chi connectivity index (χ0) is 16.4. The minimum absolute atomic E-state index is 0.613. The van der Waals surface area contributed by atoms with E-state index >= 15 is 0 Å². The molecule has 3 heteroatoms. The summed E-state index contributed by atoms with van der Waals surface area (Å²) in [6.07, 6.45) is 0. The van der Waals surface area contributed by atoms with Gasteiger partial charge in [0.1, 0.15) is 5.58 Å². The Labute approximate surface area is 148 Å². The highest BCUT2D eigenvalue weighted by atomic mass is 79.9. The lowest BCUT2D eigenvalue weighted by Crippen LogP contribution is -2.05. The third kappa shape index (κ3) is 3.03. The van der Waals surface area contributed by atoms with Gasteiger partial charge in [-0.2, -0.15) is 0 Å². The molecule has 116 valence electrons. The van der Waals surface area contributed by atoms with Crippen molar-refractivity contribution in [1.29, 1.82) is 0 Å². The van der Waals surface area contributed by atoms with Gasteiger partial charge in [0.25, 0.3) is 0 Å². The molecule has 0 N–H and O–H groups in total. The highest BCUT2D eigenvalue weighted by Crippen LogP contribution is 2.22. The van der Waals surface area contributed by atoms with Crippen molar-refractivity contribution < 1.29 is 4.42 Å². The van der Waals surface area contributed by atoms with Crippen LogP contribution < -0.4 is 5.55 Å². The second-order valence-electron chi connectivity index (χ2n) is 5.46. The molecule has 0 saturated heterocycles. The van der Waals surface area contributed by atoms with Gasteiger partial charge < -0.3 is 4.42 Å². The van der Waals surface area contributed by atoms with Gasteiger partial charge >= 0.3 is 0 Å². The molecule has 4 rings (SSSR count). The van der Waals surface area contributed by atoms with Crippen molar-refractivity contribution in [3.8, 4) is 11.1 Å². The van der Waals surface area contributed by atoms with Crippen LogP contribution in [0.25, 0.3) is 22.1 Å². The van der Waals surface area contributed by atoms with E-state index in [2.05, 4.69) is 40.2 Å². The monoisotopic (exact) mass is 375 g/mol. The molecular formula is C21H14BrNO. The summed E-state index contributed by atoms with van der Waals surface area (Å²) in [6, 6.07) is 28.2. The molecule has 0 unspecified atom stereocenters. The van der Waals surface area contributed by atoms with Crippen molar-refractivity contribution in [2.45, 2.75) is 0 Å². The minimum atomic E-state index is 0.613. The highest BCUT2D eigenvalue weighted by molar-refractivity contribution is 9.10. The third-order valence-corrected chi connectivity index (χ3v) is 4.33. The fourth-order valence-electron chi connectivity index (χ4n) is 2.61. The Bertz CT molecular complexity index is 1050. The predicted octanol–water partition coefficient (Wildman–Crippen LogP) is 6.09. The largest absolute Gasteiger partial charge is 0.438 e. The van der Waals surface area contributed by atoms with Crippen LogP contribution in [0.5, 0.6) is 0 Å². The first kappa shape index (κ1) is 14.9. The Morgan fingerprint density at radius 3 is 2.25 bits per heavy atom. The lowest BCUT2D eigenvalue weighted by molar-refractivity contribution is 0.547. The number of hydrogen-bond acceptors (Lipinski definition) is 2. The summed E-state index contributed by atoms with van der Waals surface area (Å²) in [7, 11) is 0. The molecule has 0 aliphatic rings. The highest BCUT2D eigenvalue weighted by Gasteiger charge is 2.06. The number of fused-ring (bicyclic) bond motifs is 1.